The SMILES string of the molecule is CCN(Cc1ccccc1)C1CCN(CCC(CN(C)S(=O)(=O)c2ccccc2)c2ccccc2)CC1.CN(CC(CCN1CCC(N(CC2CCC2)C(=O)OCc2ccccc2)CC1)c1ccccc1)S(=O)(=O)c1ccccc1.CN(CC(CCN1CCC(N(CC2CCCCC2)C(=O)OCc2ccccc2)CC1)c1ccccc1)S(=O)(=O)c1ccccc1. The van der Waals surface area contributed by atoms with Gasteiger partial charge in [0.25, 0.3) is 0 Å². The van der Waals surface area contributed by atoms with Crippen molar-refractivity contribution < 1.29 is 44.3 Å². The van der Waals surface area contributed by atoms with Crippen molar-refractivity contribution in [3.63, 3.8) is 0 Å². The molecular weight excluding hydrogens is 1620 g/mol. The minimum Gasteiger partial charge on any atom is -0.445 e. The molecular formula is C103H135N9O10S3. The Kier molecular flexibility index (Phi) is 37.2. The number of carbonyl (C=O) groups is 2. The Morgan fingerprint density at radius 1 is 0.336 bits per heavy atom. The maximum absolute atomic E-state index is 13.5. The first-order valence-electron chi connectivity index (χ1n) is 45.9. The van der Waals surface area contributed by atoms with E-state index in [-0.39, 0.29) is 42.0 Å². The summed E-state index contributed by atoms with van der Waals surface area (Å²) in [4.78, 5) is 41.9. The zero-order chi connectivity index (χ0) is 87.6. The minimum absolute atomic E-state index is 0.0724. The van der Waals surface area contributed by atoms with E-state index in [0.717, 1.165) is 152 Å². The van der Waals surface area contributed by atoms with Gasteiger partial charge in [0.1, 0.15) is 13.2 Å². The number of sulfonamides is 3. The van der Waals surface area contributed by atoms with E-state index < -0.39 is 30.1 Å². The summed E-state index contributed by atoms with van der Waals surface area (Å²) >= 11 is 0. The summed E-state index contributed by atoms with van der Waals surface area (Å²) in [5.74, 6) is 1.43. The van der Waals surface area contributed by atoms with Gasteiger partial charge in [0.05, 0.1) is 14.7 Å². The summed E-state index contributed by atoms with van der Waals surface area (Å²) in [7, 11) is -5.60. The van der Waals surface area contributed by atoms with E-state index in [0.29, 0.717) is 65.4 Å². The van der Waals surface area contributed by atoms with Gasteiger partial charge in [-0.05, 0) is 222 Å². The predicted octanol–water partition coefficient (Wildman–Crippen LogP) is 19.0. The highest BCUT2D eigenvalue weighted by Crippen LogP contribution is 2.35. The number of piperidine rings is 3. The van der Waals surface area contributed by atoms with Crippen LogP contribution in [0, 0.1) is 11.8 Å². The van der Waals surface area contributed by atoms with E-state index in [1.165, 1.54) is 88.3 Å². The third-order valence-electron chi connectivity index (χ3n) is 26.4. The van der Waals surface area contributed by atoms with Crippen LogP contribution in [-0.2, 0) is 59.3 Å². The van der Waals surface area contributed by atoms with Gasteiger partial charge >= 0.3 is 12.2 Å². The van der Waals surface area contributed by atoms with Crippen LogP contribution in [-0.4, -0.2) is 217 Å². The number of likely N-dealkylation sites (N-methyl/N-ethyl adjacent to an activating group) is 3. The number of benzene rings is 9. The second-order valence-corrected chi connectivity index (χ2v) is 41.1. The zero-order valence-electron chi connectivity index (χ0n) is 74.2. The van der Waals surface area contributed by atoms with Crippen LogP contribution in [0.2, 0.25) is 0 Å². The van der Waals surface area contributed by atoms with Crippen molar-refractivity contribution in [1.29, 1.82) is 0 Å². The highest BCUT2D eigenvalue weighted by Gasteiger charge is 2.37. The highest BCUT2D eigenvalue weighted by atomic mass is 32.2. The quantitative estimate of drug-likeness (QED) is 0.0356. The molecule has 22 heteroatoms. The van der Waals surface area contributed by atoms with Crippen molar-refractivity contribution in [2.75, 3.05) is 119 Å². The first-order chi connectivity index (χ1) is 60.8. The number of ether oxygens (including phenoxy) is 2. The Hall–Kier alpha value is -8.91. The van der Waals surface area contributed by atoms with Crippen molar-refractivity contribution in [3.8, 4) is 0 Å². The average molecular weight is 1760 g/mol. The highest BCUT2D eigenvalue weighted by molar-refractivity contribution is 7.89. The Morgan fingerprint density at radius 2 is 0.600 bits per heavy atom. The largest absolute Gasteiger partial charge is 0.445 e. The molecule has 3 aliphatic heterocycles. The molecule has 3 unspecified atom stereocenters. The summed E-state index contributed by atoms with van der Waals surface area (Å²) in [5, 5.41) is 0. The third-order valence-corrected chi connectivity index (χ3v) is 31.9. The standard InChI is InChI=1S/C37H49N3O4S.C35H45N3O4S.C31H41N3O2S/c1-38(45(42,43)36-20-12-5-13-21-36)29-34(33-18-10-4-11-19-33)22-25-39-26-23-35(24-27-39)40(28-31-14-6-2-7-15-31)37(41)44-30-32-16-8-3-9-17-32;1-36(43(40,41)34-18-9-4-10-19-34)27-32(31-16-7-3-8-17-31)20-23-37-24-21-33(22-25-37)38(26-29-14-11-15-29)35(39)42-28-30-12-5-2-6-13-30;1-3-34(25-27-13-7-4-8-14-27)30-20-23-33(24-21-30)22-19-29(28-15-9-5-10-16-28)26-32(2)37(35,36)31-17-11-6-12-18-31/h3-5,8-13,16-21,31,34-35H,2,6-7,14-15,22-30H2,1H3;2-10,12-13,16-19,29,32-33H,11,14-15,20-28H2,1H3;4-18,29-30H,3,19-26H2,1-2H3. The number of rotatable bonds is 38. The maximum Gasteiger partial charge on any atom is 0.410 e. The second kappa shape index (κ2) is 48.9. The molecule has 0 bridgehead atoms. The van der Waals surface area contributed by atoms with Crippen LogP contribution in [0.4, 0.5) is 9.59 Å². The van der Waals surface area contributed by atoms with Crippen molar-refractivity contribution in [2.45, 2.75) is 186 Å². The second-order valence-electron chi connectivity index (χ2n) is 34.9. The van der Waals surface area contributed by atoms with Gasteiger partial charge in [-0.3, -0.25) is 4.90 Å². The fraction of sp³-hybridized carbons (Fsp3) is 0.456. The average Bonchev–Trinajstić information content (AvgIpc) is 0.824. The lowest BCUT2D eigenvalue weighted by molar-refractivity contribution is 0.0456. The molecule has 0 radical (unpaired) electrons. The van der Waals surface area contributed by atoms with Crippen LogP contribution < -0.4 is 0 Å². The maximum atomic E-state index is 13.5. The van der Waals surface area contributed by atoms with Gasteiger partial charge in [0, 0.05) is 105 Å². The van der Waals surface area contributed by atoms with Crippen molar-refractivity contribution >= 4 is 42.3 Å². The van der Waals surface area contributed by atoms with E-state index in [1.54, 1.807) is 93.9 Å². The van der Waals surface area contributed by atoms with E-state index in [1.807, 2.05) is 143 Å². The summed E-state index contributed by atoms with van der Waals surface area (Å²) < 4.78 is 95.6. The molecule has 3 saturated heterocycles. The molecule has 2 saturated carbocycles. The molecule has 0 aromatic heterocycles. The Labute approximate surface area is 747 Å². The Balaban J connectivity index is 0.000000172. The fourth-order valence-corrected chi connectivity index (χ4v) is 22.2. The number of carbonyl (C=O) groups excluding carboxylic acids is 2. The molecule has 9 aromatic carbocycles. The van der Waals surface area contributed by atoms with Crippen LogP contribution >= 0.6 is 0 Å². The molecule has 0 N–H and O–H groups in total. The van der Waals surface area contributed by atoms with Crippen LogP contribution in [0.25, 0.3) is 0 Å². The summed E-state index contributed by atoms with van der Waals surface area (Å²) in [6.07, 6.45) is 18.1. The Bertz CT molecular complexity index is 4940. The third kappa shape index (κ3) is 28.8. The molecule has 125 heavy (non-hydrogen) atoms. The van der Waals surface area contributed by atoms with Gasteiger partial charge in [0.2, 0.25) is 30.1 Å². The van der Waals surface area contributed by atoms with E-state index in [2.05, 4.69) is 93.3 Å². The van der Waals surface area contributed by atoms with Gasteiger partial charge in [-0.1, -0.05) is 269 Å². The first-order valence-corrected chi connectivity index (χ1v) is 50.2. The lowest BCUT2D eigenvalue weighted by Crippen LogP contribution is -2.50. The molecule has 19 nitrogen and oxygen atoms in total. The molecule has 3 atom stereocenters. The number of hydrogen-bond donors (Lipinski definition) is 0. The zero-order valence-corrected chi connectivity index (χ0v) is 76.6. The summed E-state index contributed by atoms with van der Waals surface area (Å²) in [6, 6.07) is 88.4. The molecule has 670 valence electrons. The topological polar surface area (TPSA) is 184 Å². The van der Waals surface area contributed by atoms with E-state index in [4.69, 9.17) is 9.47 Å². The summed E-state index contributed by atoms with van der Waals surface area (Å²) in [5.41, 5.74) is 6.90. The fourth-order valence-electron chi connectivity index (χ4n) is 18.5. The molecule has 5 fully saturated rings. The van der Waals surface area contributed by atoms with Crippen LogP contribution in [0.5, 0.6) is 0 Å². The van der Waals surface area contributed by atoms with Crippen LogP contribution in [0.1, 0.15) is 167 Å². The number of hydrogen-bond acceptors (Lipinski definition) is 14. The molecule has 0 spiro atoms. The predicted molar refractivity (Wildman–Crippen MR) is 502 cm³/mol. The molecule has 2 amide bonds. The van der Waals surface area contributed by atoms with E-state index in [9.17, 15) is 34.8 Å². The van der Waals surface area contributed by atoms with Gasteiger partial charge in [-0.15, -0.1) is 0 Å². The van der Waals surface area contributed by atoms with Crippen molar-refractivity contribution in [3.05, 3.63) is 306 Å². The number of amides is 2. The van der Waals surface area contributed by atoms with Gasteiger partial charge < -0.3 is 34.0 Å². The van der Waals surface area contributed by atoms with Gasteiger partial charge in [-0.2, -0.15) is 0 Å². The van der Waals surface area contributed by atoms with Crippen molar-refractivity contribution in [2.24, 2.45) is 11.8 Å². The molecule has 3 heterocycles. The van der Waals surface area contributed by atoms with E-state index >= 15 is 0 Å². The van der Waals surface area contributed by atoms with Crippen molar-refractivity contribution in [1.82, 2.24) is 42.3 Å². The molecule has 9 aromatic rings. The summed E-state index contributed by atoms with van der Waals surface area (Å²) in [6.45, 7) is 16.4. The molecule has 2 aliphatic carbocycles. The first kappa shape index (κ1) is 95.2. The monoisotopic (exact) mass is 1750 g/mol. The van der Waals surface area contributed by atoms with Crippen LogP contribution in [0.3, 0.4) is 0 Å². The molecule has 5 aliphatic rings. The van der Waals surface area contributed by atoms with Crippen LogP contribution in [0.15, 0.2) is 288 Å². The lowest BCUT2D eigenvalue weighted by atomic mass is 9.84. The minimum atomic E-state index is -3.57. The Morgan fingerprint density at radius 3 is 0.880 bits per heavy atom. The number of likely N-dealkylation sites (tertiary alicyclic amines) is 3. The molecule has 14 rings (SSSR count). The van der Waals surface area contributed by atoms with Gasteiger partial charge in [0.15, 0.2) is 0 Å². The normalized spacial score (nSPS) is 17.2. The van der Waals surface area contributed by atoms with Gasteiger partial charge in [-0.25, -0.2) is 47.8 Å². The number of nitrogens with zero attached hydrogens (tertiary/aromatic N) is 9. The smallest absolute Gasteiger partial charge is 0.410 e. The lowest BCUT2D eigenvalue weighted by Gasteiger charge is -2.41.